The zero-order valence-corrected chi connectivity index (χ0v) is 8.85. The minimum absolute atomic E-state index is 0.355. The minimum atomic E-state index is -0.355. The van der Waals surface area contributed by atoms with Crippen LogP contribution in [0.4, 0.5) is 5.69 Å². The summed E-state index contributed by atoms with van der Waals surface area (Å²) in [6.07, 6.45) is 1.90. The van der Waals surface area contributed by atoms with Gasteiger partial charge in [0.15, 0.2) is 0 Å². The summed E-state index contributed by atoms with van der Waals surface area (Å²) in [5.41, 5.74) is 3.69. The third-order valence-corrected chi connectivity index (χ3v) is 2.57. The molecule has 0 amide bonds. The largest absolute Gasteiger partial charge is 0.465 e. The fraction of sp³-hybridized carbons (Fsp3) is 0.222. The fourth-order valence-electron chi connectivity index (χ4n) is 1.07. The van der Waals surface area contributed by atoms with Crippen LogP contribution in [0.5, 0.6) is 0 Å². The molecule has 0 bridgehead atoms. The van der Waals surface area contributed by atoms with Gasteiger partial charge in [-0.3, -0.25) is 5.84 Å². The summed E-state index contributed by atoms with van der Waals surface area (Å²) in [7, 11) is 1.36. The molecule has 76 valence electrons. The van der Waals surface area contributed by atoms with E-state index in [9.17, 15) is 4.79 Å². The molecule has 1 rings (SSSR count). The molecule has 4 nitrogen and oxygen atoms in total. The molecule has 1 aromatic carbocycles. The van der Waals surface area contributed by atoms with E-state index in [0.29, 0.717) is 11.3 Å². The van der Waals surface area contributed by atoms with E-state index in [1.165, 1.54) is 18.9 Å². The molecular formula is C9H12N2O2S. The van der Waals surface area contributed by atoms with E-state index in [4.69, 9.17) is 5.84 Å². The molecule has 0 atom stereocenters. The van der Waals surface area contributed by atoms with Gasteiger partial charge in [0, 0.05) is 10.6 Å². The highest BCUT2D eigenvalue weighted by molar-refractivity contribution is 7.98. The Labute approximate surface area is 86.8 Å². The molecule has 14 heavy (non-hydrogen) atoms. The number of rotatable bonds is 3. The summed E-state index contributed by atoms with van der Waals surface area (Å²) in [5.74, 6) is 4.89. The van der Waals surface area contributed by atoms with Crippen molar-refractivity contribution in [3.63, 3.8) is 0 Å². The Balaban J connectivity index is 3.14. The van der Waals surface area contributed by atoms with Crippen LogP contribution in [0.25, 0.3) is 0 Å². The summed E-state index contributed by atoms with van der Waals surface area (Å²) in [6, 6.07) is 5.29. The number of hydrazine groups is 1. The lowest BCUT2D eigenvalue weighted by atomic mass is 10.2. The third-order valence-electron chi connectivity index (χ3n) is 1.77. The summed E-state index contributed by atoms with van der Waals surface area (Å²) in [4.78, 5) is 12.2. The highest BCUT2D eigenvalue weighted by atomic mass is 32.2. The zero-order valence-electron chi connectivity index (χ0n) is 8.03. The summed E-state index contributed by atoms with van der Waals surface area (Å²) < 4.78 is 4.66. The number of hydrogen-bond donors (Lipinski definition) is 2. The summed E-state index contributed by atoms with van der Waals surface area (Å²) >= 11 is 1.49. The normalized spacial score (nSPS) is 9.64. The van der Waals surface area contributed by atoms with Crippen LogP contribution in [-0.2, 0) is 4.74 Å². The second-order valence-corrected chi connectivity index (χ2v) is 3.40. The maximum Gasteiger partial charge on any atom is 0.339 e. The molecule has 0 spiro atoms. The average Bonchev–Trinajstić information content (AvgIpc) is 2.27. The smallest absolute Gasteiger partial charge is 0.339 e. The number of nitrogen functional groups attached to an aromatic ring is 1. The Hall–Kier alpha value is -1.20. The monoisotopic (exact) mass is 212 g/mol. The van der Waals surface area contributed by atoms with E-state index in [1.807, 2.05) is 12.3 Å². The topological polar surface area (TPSA) is 64.3 Å². The second kappa shape index (κ2) is 4.88. The van der Waals surface area contributed by atoms with Crippen LogP contribution in [0.15, 0.2) is 23.1 Å². The van der Waals surface area contributed by atoms with Crippen molar-refractivity contribution >= 4 is 23.4 Å². The highest BCUT2D eigenvalue weighted by Gasteiger charge is 2.11. The Bertz CT molecular complexity index is 342. The number of nitrogens with two attached hydrogens (primary N) is 1. The Morgan fingerprint density at radius 1 is 1.57 bits per heavy atom. The van der Waals surface area contributed by atoms with Gasteiger partial charge in [-0.2, -0.15) is 0 Å². The van der Waals surface area contributed by atoms with E-state index < -0.39 is 0 Å². The van der Waals surface area contributed by atoms with Gasteiger partial charge < -0.3 is 10.2 Å². The van der Waals surface area contributed by atoms with Gasteiger partial charge in [-0.25, -0.2) is 4.79 Å². The molecule has 0 fully saturated rings. The number of carbonyl (C=O) groups is 1. The molecule has 3 N–H and O–H groups in total. The van der Waals surface area contributed by atoms with E-state index in [2.05, 4.69) is 10.2 Å². The van der Waals surface area contributed by atoms with Gasteiger partial charge in [0.2, 0.25) is 0 Å². The molecule has 0 aliphatic rings. The van der Waals surface area contributed by atoms with E-state index >= 15 is 0 Å². The number of methoxy groups -OCH3 is 1. The Kier molecular flexibility index (Phi) is 3.79. The first-order valence-corrected chi connectivity index (χ1v) is 5.18. The Morgan fingerprint density at radius 3 is 2.79 bits per heavy atom. The quantitative estimate of drug-likeness (QED) is 0.344. The molecule has 0 saturated heterocycles. The van der Waals surface area contributed by atoms with Crippen molar-refractivity contribution in [2.75, 3.05) is 18.8 Å². The van der Waals surface area contributed by atoms with Crippen LogP contribution in [0.2, 0.25) is 0 Å². The molecular weight excluding hydrogens is 200 g/mol. The van der Waals surface area contributed by atoms with Gasteiger partial charge in [-0.15, -0.1) is 11.8 Å². The van der Waals surface area contributed by atoms with Crippen LogP contribution in [0.3, 0.4) is 0 Å². The lowest BCUT2D eigenvalue weighted by Gasteiger charge is -2.07. The SMILES string of the molecule is COC(=O)c1cc(NN)ccc1SC. The summed E-state index contributed by atoms with van der Waals surface area (Å²) in [6.45, 7) is 0. The number of benzene rings is 1. The van der Waals surface area contributed by atoms with Crippen LogP contribution in [0, 0.1) is 0 Å². The number of ether oxygens (including phenoxy) is 1. The first-order valence-electron chi connectivity index (χ1n) is 3.96. The predicted molar refractivity (Wildman–Crippen MR) is 57.4 cm³/mol. The lowest BCUT2D eigenvalue weighted by Crippen LogP contribution is -2.09. The van der Waals surface area contributed by atoms with Gasteiger partial charge in [0.1, 0.15) is 0 Å². The average molecular weight is 212 g/mol. The van der Waals surface area contributed by atoms with Gasteiger partial charge in [0.05, 0.1) is 12.7 Å². The molecule has 0 unspecified atom stereocenters. The zero-order chi connectivity index (χ0) is 10.6. The summed E-state index contributed by atoms with van der Waals surface area (Å²) in [5, 5.41) is 0. The lowest BCUT2D eigenvalue weighted by molar-refractivity contribution is 0.0597. The molecule has 0 aliphatic carbocycles. The van der Waals surface area contributed by atoms with Crippen LogP contribution >= 0.6 is 11.8 Å². The van der Waals surface area contributed by atoms with Crippen molar-refractivity contribution in [3.05, 3.63) is 23.8 Å². The van der Waals surface area contributed by atoms with Gasteiger partial charge in [0.25, 0.3) is 0 Å². The number of thioether (sulfide) groups is 1. The van der Waals surface area contributed by atoms with Crippen molar-refractivity contribution in [1.82, 2.24) is 0 Å². The second-order valence-electron chi connectivity index (χ2n) is 2.55. The van der Waals surface area contributed by atoms with Crippen LogP contribution in [-0.4, -0.2) is 19.3 Å². The highest BCUT2D eigenvalue weighted by Crippen LogP contribution is 2.23. The molecule has 0 aliphatic heterocycles. The standard InChI is InChI=1S/C9H12N2O2S/c1-13-9(12)7-5-6(11-10)3-4-8(7)14-2/h3-5,11H,10H2,1-2H3. The molecule has 0 heterocycles. The molecule has 5 heteroatoms. The molecule has 0 saturated carbocycles. The number of anilines is 1. The number of carbonyl (C=O) groups excluding carboxylic acids is 1. The van der Waals surface area contributed by atoms with Gasteiger partial charge in [-0.1, -0.05) is 0 Å². The van der Waals surface area contributed by atoms with Gasteiger partial charge >= 0.3 is 5.97 Å². The number of esters is 1. The van der Waals surface area contributed by atoms with E-state index in [1.54, 1.807) is 12.1 Å². The predicted octanol–water partition coefficient (Wildman–Crippen LogP) is 1.48. The van der Waals surface area contributed by atoms with Crippen LogP contribution < -0.4 is 11.3 Å². The molecule has 1 aromatic rings. The molecule has 0 radical (unpaired) electrons. The molecule has 0 aromatic heterocycles. The maximum atomic E-state index is 11.4. The van der Waals surface area contributed by atoms with E-state index in [0.717, 1.165) is 4.90 Å². The van der Waals surface area contributed by atoms with Crippen molar-refractivity contribution < 1.29 is 9.53 Å². The minimum Gasteiger partial charge on any atom is -0.465 e. The van der Waals surface area contributed by atoms with Gasteiger partial charge in [-0.05, 0) is 24.5 Å². The van der Waals surface area contributed by atoms with Crippen LogP contribution in [0.1, 0.15) is 10.4 Å². The maximum absolute atomic E-state index is 11.4. The Morgan fingerprint density at radius 2 is 2.29 bits per heavy atom. The van der Waals surface area contributed by atoms with E-state index in [-0.39, 0.29) is 5.97 Å². The third kappa shape index (κ3) is 2.18. The first kappa shape index (κ1) is 10.9. The van der Waals surface area contributed by atoms with Crippen molar-refractivity contribution in [1.29, 1.82) is 0 Å². The number of nitrogens with one attached hydrogen (secondary N) is 1. The van der Waals surface area contributed by atoms with Crippen molar-refractivity contribution in [2.45, 2.75) is 4.90 Å². The van der Waals surface area contributed by atoms with Crippen molar-refractivity contribution in [3.8, 4) is 0 Å². The van der Waals surface area contributed by atoms with Crippen molar-refractivity contribution in [2.24, 2.45) is 5.84 Å². The fourth-order valence-corrected chi connectivity index (χ4v) is 1.63. The first-order chi connectivity index (χ1) is 6.72. The number of hydrogen-bond acceptors (Lipinski definition) is 5.